The van der Waals surface area contributed by atoms with Crippen LogP contribution in [0.1, 0.15) is 26.3 Å². The summed E-state index contributed by atoms with van der Waals surface area (Å²) in [6.07, 6.45) is 0. The van der Waals surface area contributed by atoms with Gasteiger partial charge in [0.1, 0.15) is 0 Å². The van der Waals surface area contributed by atoms with Crippen molar-refractivity contribution in [1.29, 1.82) is 0 Å². The van der Waals surface area contributed by atoms with E-state index in [1.165, 1.54) is 137 Å². The Morgan fingerprint density at radius 1 is 0.234 bits per heavy atom. The van der Waals surface area contributed by atoms with Crippen LogP contribution < -0.4 is 0 Å². The molecule has 3 heterocycles. The molecule has 0 bridgehead atoms. The first kappa shape index (κ1) is 43.7. The van der Waals surface area contributed by atoms with E-state index in [1.54, 1.807) is 0 Å². The molecule has 16 rings (SSSR count). The third kappa shape index (κ3) is 6.44. The van der Waals surface area contributed by atoms with Crippen molar-refractivity contribution in [1.82, 2.24) is 13.7 Å². The topological polar surface area (TPSA) is 14.8 Å². The number of fused-ring (bicyclic) bond motifs is 9. The van der Waals surface area contributed by atoms with Gasteiger partial charge in [0.25, 0.3) is 0 Å². The van der Waals surface area contributed by atoms with E-state index in [9.17, 15) is 0 Å². The summed E-state index contributed by atoms with van der Waals surface area (Å²) in [6, 6.07) is 95.2. The molecule has 0 aliphatic carbocycles. The molecule has 362 valence electrons. The summed E-state index contributed by atoms with van der Waals surface area (Å²) < 4.78 is 7.32. The van der Waals surface area contributed by atoms with E-state index >= 15 is 0 Å². The van der Waals surface area contributed by atoms with Crippen molar-refractivity contribution < 1.29 is 0 Å². The van der Waals surface area contributed by atoms with Gasteiger partial charge in [0, 0.05) is 49.4 Å². The number of nitrogens with zero attached hydrogens (tertiary/aromatic N) is 3. The molecular formula is C74H51N3. The molecule has 0 radical (unpaired) electrons. The minimum Gasteiger partial charge on any atom is -0.309 e. The molecule has 3 aromatic heterocycles. The molecule has 0 aliphatic rings. The third-order valence-corrected chi connectivity index (χ3v) is 16.7. The molecular weight excluding hydrogens is 931 g/mol. The fourth-order valence-electron chi connectivity index (χ4n) is 13.4. The van der Waals surface area contributed by atoms with Gasteiger partial charge in [-0.15, -0.1) is 0 Å². The predicted octanol–water partition coefficient (Wildman–Crippen LogP) is 20.2. The molecule has 0 aliphatic heterocycles. The van der Waals surface area contributed by atoms with Crippen LogP contribution in [0.15, 0.2) is 255 Å². The van der Waals surface area contributed by atoms with E-state index < -0.39 is 0 Å². The lowest BCUT2D eigenvalue weighted by molar-refractivity contribution is 0.596. The van der Waals surface area contributed by atoms with Crippen molar-refractivity contribution in [2.24, 2.45) is 0 Å². The van der Waals surface area contributed by atoms with E-state index in [0.717, 1.165) is 17.1 Å². The van der Waals surface area contributed by atoms with E-state index in [4.69, 9.17) is 0 Å². The van der Waals surface area contributed by atoms with Gasteiger partial charge in [-0.05, 0) is 162 Å². The Kier molecular flexibility index (Phi) is 9.30. The Labute approximate surface area is 446 Å². The molecule has 16 aromatic rings. The number of benzene rings is 13. The van der Waals surface area contributed by atoms with E-state index in [-0.39, 0.29) is 5.41 Å². The summed E-state index contributed by atoms with van der Waals surface area (Å²) >= 11 is 0. The second-order valence-corrected chi connectivity index (χ2v) is 22.0. The Balaban J connectivity index is 0.983. The van der Waals surface area contributed by atoms with Gasteiger partial charge in [-0.3, -0.25) is 0 Å². The SMILES string of the molecule is CC(C)(C)c1cc(-c2cccc(-n3c4ccccc4c4ccccc43)c2)c2ccc3c(-c4cccc(-n5c6ccccc6c6ccccc65)c4)cc(-c4cccc(-n5c6ccccc6c6ccccc65)c4)c4ccc1c2c34. The third-order valence-electron chi connectivity index (χ3n) is 16.7. The van der Waals surface area contributed by atoms with Crippen LogP contribution in [-0.4, -0.2) is 13.7 Å². The second-order valence-electron chi connectivity index (χ2n) is 22.0. The van der Waals surface area contributed by atoms with Crippen LogP contribution in [0.2, 0.25) is 0 Å². The van der Waals surface area contributed by atoms with Gasteiger partial charge < -0.3 is 13.7 Å². The molecule has 0 fully saturated rings. The zero-order chi connectivity index (χ0) is 51.1. The monoisotopic (exact) mass is 981 g/mol. The standard InChI is InChI=1S/C74H51N3/c1-74(2,3)65-45-64(48-21-18-24-51(43-48)77-70-35-14-8-29-56(70)57-30-9-15-36-71(57)77)60-38-37-58-62(46-19-16-22-49(41-46)75-66-31-10-4-25-52(66)53-26-5-11-32-67(53)75)44-63(59-39-40-61(65)73(60)72(58)59)47-20-17-23-50(42-47)76-68-33-12-6-27-54(68)55-28-7-13-34-69(55)76/h4-45H,1-3H3. The maximum Gasteiger partial charge on any atom is 0.0541 e. The minimum absolute atomic E-state index is 0.152. The van der Waals surface area contributed by atoms with Crippen LogP contribution in [0.4, 0.5) is 0 Å². The molecule has 0 amide bonds. The summed E-state index contributed by atoms with van der Waals surface area (Å²) in [7, 11) is 0. The van der Waals surface area contributed by atoms with E-state index in [0.29, 0.717) is 0 Å². The lowest BCUT2D eigenvalue weighted by Crippen LogP contribution is -2.12. The van der Waals surface area contributed by atoms with E-state index in [1.807, 2.05) is 0 Å². The smallest absolute Gasteiger partial charge is 0.0541 e. The zero-order valence-corrected chi connectivity index (χ0v) is 43.1. The van der Waals surface area contributed by atoms with Gasteiger partial charge in [0.05, 0.1) is 33.1 Å². The molecule has 3 heteroatoms. The Morgan fingerprint density at radius 2 is 0.506 bits per heavy atom. The Hall–Kier alpha value is -9.70. The largest absolute Gasteiger partial charge is 0.309 e. The molecule has 0 spiro atoms. The zero-order valence-electron chi connectivity index (χ0n) is 43.1. The highest BCUT2D eigenvalue weighted by molar-refractivity contribution is 6.31. The number of aromatic nitrogens is 3. The number of hydrogen-bond acceptors (Lipinski definition) is 0. The maximum absolute atomic E-state index is 2.50. The molecule has 0 saturated carbocycles. The predicted molar refractivity (Wildman–Crippen MR) is 328 cm³/mol. The summed E-state index contributed by atoms with van der Waals surface area (Å²) in [4.78, 5) is 0. The average molecular weight is 982 g/mol. The van der Waals surface area contributed by atoms with E-state index in [2.05, 4.69) is 289 Å². The van der Waals surface area contributed by atoms with Crippen LogP contribution in [0.3, 0.4) is 0 Å². The molecule has 0 atom stereocenters. The first-order chi connectivity index (χ1) is 37.9. The van der Waals surface area contributed by atoms with Crippen LogP contribution in [0, 0.1) is 0 Å². The Morgan fingerprint density at radius 3 is 0.818 bits per heavy atom. The molecule has 3 nitrogen and oxygen atoms in total. The van der Waals surface area contributed by atoms with Crippen molar-refractivity contribution in [2.45, 2.75) is 26.2 Å². The van der Waals surface area contributed by atoms with Crippen LogP contribution in [0.5, 0.6) is 0 Å². The van der Waals surface area contributed by atoms with Gasteiger partial charge in [-0.2, -0.15) is 0 Å². The lowest BCUT2D eigenvalue weighted by Gasteiger charge is -2.26. The molecule has 77 heavy (non-hydrogen) atoms. The van der Waals surface area contributed by atoms with Gasteiger partial charge in [0.15, 0.2) is 0 Å². The number of rotatable bonds is 6. The normalized spacial score (nSPS) is 12.4. The van der Waals surface area contributed by atoms with Gasteiger partial charge in [-0.25, -0.2) is 0 Å². The summed E-state index contributed by atoms with van der Waals surface area (Å²) in [5.74, 6) is 0. The van der Waals surface area contributed by atoms with Crippen molar-refractivity contribution in [3.8, 4) is 50.4 Å². The van der Waals surface area contributed by atoms with Gasteiger partial charge in [-0.1, -0.05) is 191 Å². The molecule has 0 saturated heterocycles. The van der Waals surface area contributed by atoms with Crippen molar-refractivity contribution in [3.05, 3.63) is 260 Å². The number of para-hydroxylation sites is 6. The Bertz CT molecular complexity index is 4750. The van der Waals surface area contributed by atoms with Crippen molar-refractivity contribution in [2.75, 3.05) is 0 Å². The van der Waals surface area contributed by atoms with Crippen LogP contribution >= 0.6 is 0 Å². The summed E-state index contributed by atoms with van der Waals surface area (Å²) in [5.41, 5.74) is 19.1. The summed E-state index contributed by atoms with van der Waals surface area (Å²) in [5, 5.41) is 15.2. The first-order valence-corrected chi connectivity index (χ1v) is 26.9. The first-order valence-electron chi connectivity index (χ1n) is 26.9. The van der Waals surface area contributed by atoms with Crippen molar-refractivity contribution >= 4 is 97.7 Å². The van der Waals surface area contributed by atoms with Gasteiger partial charge in [0.2, 0.25) is 0 Å². The van der Waals surface area contributed by atoms with Crippen molar-refractivity contribution in [3.63, 3.8) is 0 Å². The fourth-order valence-corrected chi connectivity index (χ4v) is 13.4. The quantitative estimate of drug-likeness (QED) is 0.148. The highest BCUT2D eigenvalue weighted by Crippen LogP contribution is 2.50. The summed E-state index contributed by atoms with van der Waals surface area (Å²) in [6.45, 7) is 7.11. The second kappa shape index (κ2) is 16.4. The number of hydrogen-bond donors (Lipinski definition) is 0. The maximum atomic E-state index is 2.50. The molecule has 0 unspecified atom stereocenters. The average Bonchev–Trinajstić information content (AvgIpc) is 4.31. The molecule has 0 N–H and O–H groups in total. The van der Waals surface area contributed by atoms with Gasteiger partial charge >= 0.3 is 0 Å². The minimum atomic E-state index is -0.152. The lowest BCUT2D eigenvalue weighted by atomic mass is 9.77. The highest BCUT2D eigenvalue weighted by Gasteiger charge is 2.26. The van der Waals surface area contributed by atoms with Crippen LogP contribution in [-0.2, 0) is 5.41 Å². The highest BCUT2D eigenvalue weighted by atomic mass is 15.0. The fraction of sp³-hybridized carbons (Fsp3) is 0.0541. The van der Waals surface area contributed by atoms with Crippen LogP contribution in [0.25, 0.3) is 148 Å². The molecule has 13 aromatic carbocycles.